The highest BCUT2D eigenvalue weighted by Crippen LogP contribution is 2.10. The Morgan fingerprint density at radius 2 is 1.85 bits per heavy atom. The van der Waals surface area contributed by atoms with E-state index in [0.29, 0.717) is 5.92 Å². The van der Waals surface area contributed by atoms with Crippen LogP contribution in [0, 0.1) is 5.92 Å². The molecule has 0 radical (unpaired) electrons. The molecule has 0 aromatic carbocycles. The summed E-state index contributed by atoms with van der Waals surface area (Å²) in [5, 5.41) is 15.8. The van der Waals surface area contributed by atoms with Gasteiger partial charge in [-0.1, -0.05) is 13.3 Å². The summed E-state index contributed by atoms with van der Waals surface area (Å²) in [5.41, 5.74) is 0. The molecule has 0 saturated carbocycles. The highest BCUT2D eigenvalue weighted by molar-refractivity contribution is 14.0. The number of piperazine rings is 1. The van der Waals surface area contributed by atoms with Crippen molar-refractivity contribution in [3.63, 3.8) is 0 Å². The average molecular weight is 483 g/mol. The smallest absolute Gasteiger partial charge is 0.219 e. The van der Waals surface area contributed by atoms with Crippen molar-refractivity contribution < 1.29 is 9.90 Å². The molecular formula is C18H38IN5O2. The predicted octanol–water partition coefficient (Wildman–Crippen LogP) is 1.12. The Kier molecular flexibility index (Phi) is 15.1. The number of aliphatic hydroxyl groups excluding tert-OH is 1. The second kappa shape index (κ2) is 15.4. The van der Waals surface area contributed by atoms with Gasteiger partial charge in [-0.2, -0.15) is 0 Å². The van der Waals surface area contributed by atoms with E-state index < -0.39 is 0 Å². The van der Waals surface area contributed by atoms with Crippen molar-refractivity contribution in [2.75, 3.05) is 59.0 Å². The number of aliphatic hydroxyl groups is 1. The van der Waals surface area contributed by atoms with E-state index in [9.17, 15) is 4.79 Å². The van der Waals surface area contributed by atoms with Crippen molar-refractivity contribution in [1.82, 2.24) is 20.4 Å². The summed E-state index contributed by atoms with van der Waals surface area (Å²) in [6.45, 7) is 13.0. The third-order valence-corrected chi connectivity index (χ3v) is 4.62. The Bertz CT molecular complexity index is 395. The van der Waals surface area contributed by atoms with Crippen molar-refractivity contribution in [1.29, 1.82) is 0 Å². The van der Waals surface area contributed by atoms with Gasteiger partial charge in [0.25, 0.3) is 0 Å². The second-order valence-corrected chi connectivity index (χ2v) is 6.66. The number of nitrogens with zero attached hydrogens (tertiary/aromatic N) is 3. The lowest BCUT2D eigenvalue weighted by molar-refractivity contribution is -0.130. The van der Waals surface area contributed by atoms with Gasteiger partial charge in [0, 0.05) is 65.9 Å². The Morgan fingerprint density at radius 3 is 2.38 bits per heavy atom. The molecule has 26 heavy (non-hydrogen) atoms. The van der Waals surface area contributed by atoms with Crippen molar-refractivity contribution in [3.8, 4) is 0 Å². The number of guanidine groups is 1. The summed E-state index contributed by atoms with van der Waals surface area (Å²) in [7, 11) is 0. The van der Waals surface area contributed by atoms with Gasteiger partial charge < -0.3 is 20.6 Å². The molecule has 154 valence electrons. The zero-order valence-corrected chi connectivity index (χ0v) is 19.0. The van der Waals surface area contributed by atoms with Crippen LogP contribution in [0.15, 0.2) is 4.99 Å². The Labute approximate surface area is 176 Å². The first-order valence-corrected chi connectivity index (χ1v) is 9.71. The first-order valence-electron chi connectivity index (χ1n) is 9.71. The topological polar surface area (TPSA) is 80.2 Å². The molecule has 1 aliphatic rings. The van der Waals surface area contributed by atoms with Gasteiger partial charge in [-0.15, -0.1) is 24.0 Å². The molecule has 0 bridgehead atoms. The van der Waals surface area contributed by atoms with Crippen LogP contribution in [-0.4, -0.2) is 85.7 Å². The number of halogens is 1. The van der Waals surface area contributed by atoms with Crippen molar-refractivity contribution in [2.24, 2.45) is 10.9 Å². The monoisotopic (exact) mass is 483 g/mol. The van der Waals surface area contributed by atoms with E-state index in [1.807, 2.05) is 4.90 Å². The Hall–Kier alpha value is -0.610. The molecule has 0 aromatic heterocycles. The summed E-state index contributed by atoms with van der Waals surface area (Å²) in [5.74, 6) is 1.47. The molecule has 8 heteroatoms. The normalized spacial score (nSPS) is 16.8. The van der Waals surface area contributed by atoms with Crippen LogP contribution in [0.4, 0.5) is 0 Å². The average Bonchev–Trinajstić information content (AvgIpc) is 2.60. The quantitative estimate of drug-likeness (QED) is 0.247. The van der Waals surface area contributed by atoms with Gasteiger partial charge in [-0.25, -0.2) is 0 Å². The van der Waals surface area contributed by atoms with E-state index >= 15 is 0 Å². The SMILES string of the molecule is CCCC(CCO)CN=C(NCC)NCCN1CCN(C(C)=O)CC1.I. The van der Waals surface area contributed by atoms with Gasteiger partial charge in [-0.05, 0) is 25.7 Å². The van der Waals surface area contributed by atoms with E-state index in [2.05, 4.69) is 34.4 Å². The summed E-state index contributed by atoms with van der Waals surface area (Å²) in [4.78, 5) is 20.3. The fraction of sp³-hybridized carbons (Fsp3) is 0.889. The number of amides is 1. The minimum atomic E-state index is 0. The Balaban J connectivity index is 0.00000625. The fourth-order valence-electron chi connectivity index (χ4n) is 3.10. The molecule has 1 aliphatic heterocycles. The van der Waals surface area contributed by atoms with Crippen LogP contribution >= 0.6 is 24.0 Å². The molecule has 1 heterocycles. The lowest BCUT2D eigenvalue weighted by atomic mass is 10.0. The van der Waals surface area contributed by atoms with E-state index in [0.717, 1.165) is 77.6 Å². The molecule has 1 rings (SSSR count). The van der Waals surface area contributed by atoms with Crippen molar-refractivity contribution >= 4 is 35.8 Å². The van der Waals surface area contributed by atoms with Crippen LogP contribution in [0.2, 0.25) is 0 Å². The summed E-state index contributed by atoms with van der Waals surface area (Å²) >= 11 is 0. The molecular weight excluding hydrogens is 445 g/mol. The van der Waals surface area contributed by atoms with E-state index in [1.54, 1.807) is 6.92 Å². The van der Waals surface area contributed by atoms with Gasteiger partial charge in [0.1, 0.15) is 0 Å². The number of hydrogen-bond acceptors (Lipinski definition) is 4. The first-order chi connectivity index (χ1) is 12.1. The largest absolute Gasteiger partial charge is 0.396 e. The summed E-state index contributed by atoms with van der Waals surface area (Å²) < 4.78 is 0. The van der Waals surface area contributed by atoms with E-state index in [4.69, 9.17) is 5.11 Å². The second-order valence-electron chi connectivity index (χ2n) is 6.66. The minimum Gasteiger partial charge on any atom is -0.396 e. The number of carbonyl (C=O) groups is 1. The van der Waals surface area contributed by atoms with Crippen LogP contribution in [0.1, 0.15) is 40.0 Å². The number of hydrogen-bond donors (Lipinski definition) is 3. The molecule has 7 nitrogen and oxygen atoms in total. The molecule has 1 unspecified atom stereocenters. The maximum atomic E-state index is 11.4. The number of aliphatic imine (C=N–C) groups is 1. The Morgan fingerprint density at radius 1 is 1.15 bits per heavy atom. The van der Waals surface area contributed by atoms with E-state index in [-0.39, 0.29) is 36.5 Å². The van der Waals surface area contributed by atoms with Crippen LogP contribution < -0.4 is 10.6 Å². The van der Waals surface area contributed by atoms with Gasteiger partial charge in [0.05, 0.1) is 0 Å². The zero-order chi connectivity index (χ0) is 18.5. The lowest BCUT2D eigenvalue weighted by Crippen LogP contribution is -2.50. The highest BCUT2D eigenvalue weighted by Gasteiger charge is 2.17. The third kappa shape index (κ3) is 10.5. The lowest BCUT2D eigenvalue weighted by Gasteiger charge is -2.34. The first kappa shape index (κ1) is 25.4. The fourth-order valence-corrected chi connectivity index (χ4v) is 3.10. The third-order valence-electron chi connectivity index (χ3n) is 4.62. The maximum Gasteiger partial charge on any atom is 0.219 e. The predicted molar refractivity (Wildman–Crippen MR) is 118 cm³/mol. The number of nitrogens with one attached hydrogen (secondary N) is 2. The minimum absolute atomic E-state index is 0. The summed E-state index contributed by atoms with van der Waals surface area (Å²) in [6, 6.07) is 0. The van der Waals surface area contributed by atoms with Gasteiger partial charge in [-0.3, -0.25) is 14.7 Å². The van der Waals surface area contributed by atoms with Crippen LogP contribution in [0.25, 0.3) is 0 Å². The number of rotatable bonds is 10. The molecule has 1 saturated heterocycles. The van der Waals surface area contributed by atoms with Crippen LogP contribution in [0.3, 0.4) is 0 Å². The molecule has 0 aromatic rings. The van der Waals surface area contributed by atoms with Crippen LogP contribution in [0.5, 0.6) is 0 Å². The molecule has 1 fully saturated rings. The molecule has 3 N–H and O–H groups in total. The van der Waals surface area contributed by atoms with Crippen LogP contribution in [-0.2, 0) is 4.79 Å². The zero-order valence-electron chi connectivity index (χ0n) is 16.7. The van der Waals surface area contributed by atoms with E-state index in [1.165, 1.54) is 0 Å². The maximum absolute atomic E-state index is 11.4. The molecule has 1 atom stereocenters. The highest BCUT2D eigenvalue weighted by atomic mass is 127. The molecule has 0 spiro atoms. The van der Waals surface area contributed by atoms with Gasteiger partial charge >= 0.3 is 0 Å². The van der Waals surface area contributed by atoms with Gasteiger partial charge in [0.2, 0.25) is 5.91 Å². The van der Waals surface area contributed by atoms with Crippen molar-refractivity contribution in [2.45, 2.75) is 40.0 Å². The molecule has 0 aliphatic carbocycles. The molecule has 1 amide bonds. The summed E-state index contributed by atoms with van der Waals surface area (Å²) in [6.07, 6.45) is 3.04. The van der Waals surface area contributed by atoms with Gasteiger partial charge in [0.15, 0.2) is 5.96 Å². The standard InChI is InChI=1S/C18H37N5O2.HI/c1-4-6-17(7-14-24)15-21-18(19-5-2)20-8-9-22-10-12-23(13-11-22)16(3)25;/h17,24H,4-15H2,1-3H3,(H2,19,20,21);1H. The number of carbonyl (C=O) groups excluding carboxylic acids is 1. The van der Waals surface area contributed by atoms with Crippen molar-refractivity contribution in [3.05, 3.63) is 0 Å².